The van der Waals surface area contributed by atoms with Crippen LogP contribution in [0.1, 0.15) is 13.8 Å². The summed E-state index contributed by atoms with van der Waals surface area (Å²) in [6, 6.07) is 0. The molecule has 0 aliphatic rings. The maximum absolute atomic E-state index is 5.19. The average molecular weight is 146 g/mol. The molecule has 0 radical (unpaired) electrons. The zero-order valence-electron chi connectivity index (χ0n) is 6.46. The second-order valence-corrected chi connectivity index (χ2v) is 1.76. The van der Waals surface area contributed by atoms with Crippen LogP contribution >= 0.6 is 0 Å². The van der Waals surface area contributed by atoms with Crippen LogP contribution in [0.4, 0.5) is 0 Å². The first-order chi connectivity index (χ1) is 4.77. The maximum Gasteiger partial charge on any atom is 0.140 e. The van der Waals surface area contributed by atoms with Crippen molar-refractivity contribution >= 4 is 5.84 Å². The predicted molar refractivity (Wildman–Crippen MR) is 39.7 cm³/mol. The molecular weight excluding hydrogens is 132 g/mol. The van der Waals surface area contributed by atoms with Gasteiger partial charge in [-0.05, 0) is 13.8 Å². The molecule has 0 atom stereocenters. The molecule has 0 saturated heterocycles. The second-order valence-electron chi connectivity index (χ2n) is 1.76. The van der Waals surface area contributed by atoms with Crippen LogP contribution in [0.15, 0.2) is 5.16 Å². The molecule has 0 unspecified atom stereocenters. The van der Waals surface area contributed by atoms with Gasteiger partial charge in [-0.15, -0.1) is 0 Å². The first-order valence-corrected chi connectivity index (χ1v) is 3.27. The van der Waals surface area contributed by atoms with Crippen LogP contribution in [0.5, 0.6) is 0 Å². The molecule has 60 valence electrons. The molecular formula is C6H14N2O2. The summed E-state index contributed by atoms with van der Waals surface area (Å²) in [4.78, 5) is 4.74. The number of nitrogens with zero attached hydrogens (tertiary/aromatic N) is 1. The standard InChI is InChI=1S/C6H14N2O2/c1-3-9-4-5-10-8-6(2)7/h3-5H2,1-2H3,(H2,7,8). The van der Waals surface area contributed by atoms with E-state index in [2.05, 4.69) is 5.16 Å². The van der Waals surface area contributed by atoms with Crippen molar-refractivity contribution < 1.29 is 9.57 Å². The van der Waals surface area contributed by atoms with Crippen molar-refractivity contribution in [2.75, 3.05) is 19.8 Å². The number of nitrogens with two attached hydrogens (primary N) is 1. The van der Waals surface area contributed by atoms with Gasteiger partial charge in [0.25, 0.3) is 0 Å². The Bertz CT molecular complexity index is 99.9. The van der Waals surface area contributed by atoms with E-state index in [-0.39, 0.29) is 0 Å². The van der Waals surface area contributed by atoms with Crippen LogP contribution in [0.3, 0.4) is 0 Å². The first-order valence-electron chi connectivity index (χ1n) is 3.27. The SMILES string of the molecule is CCOCCO/N=C(/C)N. The van der Waals surface area contributed by atoms with E-state index in [0.717, 1.165) is 0 Å². The summed E-state index contributed by atoms with van der Waals surface area (Å²) < 4.78 is 4.98. The largest absolute Gasteiger partial charge is 0.392 e. The third-order valence-corrected chi connectivity index (χ3v) is 0.732. The highest BCUT2D eigenvalue weighted by Gasteiger charge is 1.84. The number of rotatable bonds is 5. The highest BCUT2D eigenvalue weighted by Crippen LogP contribution is 1.78. The van der Waals surface area contributed by atoms with Crippen molar-refractivity contribution in [3.05, 3.63) is 0 Å². The van der Waals surface area contributed by atoms with Gasteiger partial charge in [-0.2, -0.15) is 0 Å². The number of ether oxygens (including phenoxy) is 1. The zero-order chi connectivity index (χ0) is 7.82. The van der Waals surface area contributed by atoms with Crippen molar-refractivity contribution in [1.29, 1.82) is 0 Å². The highest BCUT2D eigenvalue weighted by atomic mass is 16.6. The van der Waals surface area contributed by atoms with E-state index in [1.54, 1.807) is 6.92 Å². The van der Waals surface area contributed by atoms with Crippen molar-refractivity contribution in [2.45, 2.75) is 13.8 Å². The minimum Gasteiger partial charge on any atom is -0.392 e. The van der Waals surface area contributed by atoms with Gasteiger partial charge < -0.3 is 15.3 Å². The Morgan fingerprint density at radius 1 is 1.50 bits per heavy atom. The summed E-state index contributed by atoms with van der Waals surface area (Å²) in [5, 5.41) is 3.51. The van der Waals surface area contributed by atoms with E-state index in [0.29, 0.717) is 25.7 Å². The van der Waals surface area contributed by atoms with Crippen molar-refractivity contribution in [2.24, 2.45) is 10.9 Å². The fourth-order valence-corrected chi connectivity index (χ4v) is 0.388. The van der Waals surface area contributed by atoms with Crippen LogP contribution < -0.4 is 5.73 Å². The summed E-state index contributed by atoms with van der Waals surface area (Å²) in [7, 11) is 0. The second kappa shape index (κ2) is 6.35. The smallest absolute Gasteiger partial charge is 0.140 e. The molecule has 0 bridgehead atoms. The summed E-state index contributed by atoms with van der Waals surface area (Å²) in [6.07, 6.45) is 0. The Morgan fingerprint density at radius 2 is 2.20 bits per heavy atom. The number of hydrogen-bond donors (Lipinski definition) is 1. The summed E-state index contributed by atoms with van der Waals surface area (Å²) in [5.41, 5.74) is 5.19. The Kier molecular flexibility index (Phi) is 5.86. The lowest BCUT2D eigenvalue weighted by Gasteiger charge is -1.98. The van der Waals surface area contributed by atoms with Gasteiger partial charge in [0.05, 0.1) is 6.61 Å². The summed E-state index contributed by atoms with van der Waals surface area (Å²) >= 11 is 0. The molecule has 0 aromatic rings. The molecule has 0 saturated carbocycles. The van der Waals surface area contributed by atoms with Crippen LogP contribution in [-0.2, 0) is 9.57 Å². The Labute approximate surface area is 61.0 Å². The molecule has 0 aromatic carbocycles. The minimum absolute atomic E-state index is 0.427. The topological polar surface area (TPSA) is 56.8 Å². The van der Waals surface area contributed by atoms with Crippen LogP contribution in [0, 0.1) is 0 Å². The molecule has 10 heavy (non-hydrogen) atoms. The highest BCUT2D eigenvalue weighted by molar-refractivity contribution is 5.76. The number of amidine groups is 1. The molecule has 0 amide bonds. The maximum atomic E-state index is 5.19. The van der Waals surface area contributed by atoms with E-state index in [1.165, 1.54) is 0 Å². The third kappa shape index (κ3) is 7.23. The number of oxime groups is 1. The fraction of sp³-hybridized carbons (Fsp3) is 0.833. The van der Waals surface area contributed by atoms with Crippen LogP contribution in [0.2, 0.25) is 0 Å². The van der Waals surface area contributed by atoms with Gasteiger partial charge in [0, 0.05) is 6.61 Å². The average Bonchev–Trinajstić information content (AvgIpc) is 1.87. The van der Waals surface area contributed by atoms with Crippen molar-refractivity contribution in [3.63, 3.8) is 0 Å². The summed E-state index contributed by atoms with van der Waals surface area (Å²) in [6.45, 7) is 5.32. The van der Waals surface area contributed by atoms with Crippen LogP contribution in [0.25, 0.3) is 0 Å². The quantitative estimate of drug-likeness (QED) is 0.263. The van der Waals surface area contributed by atoms with Gasteiger partial charge in [0.2, 0.25) is 0 Å². The van der Waals surface area contributed by atoms with Crippen molar-refractivity contribution in [3.8, 4) is 0 Å². The first kappa shape index (κ1) is 9.23. The molecule has 0 aliphatic heterocycles. The third-order valence-electron chi connectivity index (χ3n) is 0.732. The Balaban J connectivity index is 2.98. The molecule has 4 heteroatoms. The van der Waals surface area contributed by atoms with Gasteiger partial charge >= 0.3 is 0 Å². The molecule has 0 aliphatic carbocycles. The van der Waals surface area contributed by atoms with E-state index in [9.17, 15) is 0 Å². The minimum atomic E-state index is 0.427. The molecule has 4 nitrogen and oxygen atoms in total. The molecule has 0 rings (SSSR count). The van der Waals surface area contributed by atoms with Gasteiger partial charge in [-0.1, -0.05) is 5.16 Å². The lowest BCUT2D eigenvalue weighted by Crippen LogP contribution is -2.08. The molecule has 0 fully saturated rings. The Morgan fingerprint density at radius 3 is 2.70 bits per heavy atom. The molecule has 0 aromatic heterocycles. The van der Waals surface area contributed by atoms with E-state index < -0.39 is 0 Å². The van der Waals surface area contributed by atoms with Gasteiger partial charge in [0.15, 0.2) is 0 Å². The van der Waals surface area contributed by atoms with E-state index in [4.69, 9.17) is 15.3 Å². The lowest BCUT2D eigenvalue weighted by atomic mass is 10.7. The molecule has 2 N–H and O–H groups in total. The van der Waals surface area contributed by atoms with Crippen molar-refractivity contribution in [1.82, 2.24) is 0 Å². The van der Waals surface area contributed by atoms with Gasteiger partial charge in [-0.25, -0.2) is 0 Å². The lowest BCUT2D eigenvalue weighted by molar-refractivity contribution is 0.0559. The van der Waals surface area contributed by atoms with Gasteiger partial charge in [-0.3, -0.25) is 0 Å². The molecule has 0 heterocycles. The van der Waals surface area contributed by atoms with E-state index in [1.807, 2.05) is 6.92 Å². The summed E-state index contributed by atoms with van der Waals surface area (Å²) in [5.74, 6) is 0.427. The van der Waals surface area contributed by atoms with Gasteiger partial charge in [0.1, 0.15) is 12.4 Å². The van der Waals surface area contributed by atoms with E-state index >= 15 is 0 Å². The predicted octanol–water partition coefficient (Wildman–Crippen LogP) is 0.332. The molecule has 0 spiro atoms. The fourth-order valence-electron chi connectivity index (χ4n) is 0.388. The zero-order valence-corrected chi connectivity index (χ0v) is 6.46. The number of hydrogen-bond acceptors (Lipinski definition) is 3. The monoisotopic (exact) mass is 146 g/mol. The van der Waals surface area contributed by atoms with Crippen LogP contribution in [-0.4, -0.2) is 25.7 Å². The normalized spacial score (nSPS) is 11.6. The Hall–Kier alpha value is -0.770.